The van der Waals surface area contributed by atoms with Gasteiger partial charge < -0.3 is 20.1 Å². The first kappa shape index (κ1) is 25.8. The minimum atomic E-state index is -0.720. The maximum absolute atomic E-state index is 11.1. The van der Waals surface area contributed by atoms with Crippen LogP contribution in [0.5, 0.6) is 0 Å². The first-order valence-corrected chi connectivity index (χ1v) is 9.69. The number of rotatable bonds is 15. The van der Waals surface area contributed by atoms with Gasteiger partial charge in [0.05, 0.1) is 58.3 Å². The van der Waals surface area contributed by atoms with E-state index in [0.717, 1.165) is 24.3 Å². The van der Waals surface area contributed by atoms with Gasteiger partial charge in [-0.25, -0.2) is 0 Å². The molecule has 182 valence electrons. The van der Waals surface area contributed by atoms with Crippen LogP contribution >= 0.6 is 0 Å². The quantitative estimate of drug-likeness (QED) is 0.214. The number of ether oxygens (including phenoxy) is 2. The van der Waals surface area contributed by atoms with E-state index < -0.39 is 31.1 Å². The van der Waals surface area contributed by atoms with Crippen LogP contribution in [-0.4, -0.2) is 59.2 Å². The summed E-state index contributed by atoms with van der Waals surface area (Å²) in [5, 5.41) is 49.2. The van der Waals surface area contributed by atoms with Gasteiger partial charge in [-0.2, -0.15) is 0 Å². The molecule has 0 fully saturated rings. The normalized spacial score (nSPS) is 10.5. The number of nitrogens with zero attached hydrogens (tertiary/aromatic N) is 4. The lowest BCUT2D eigenvalue weighted by Gasteiger charge is -2.09. The van der Waals surface area contributed by atoms with Crippen LogP contribution in [0, 0.1) is 40.5 Å². The highest BCUT2D eigenvalue weighted by atomic mass is 16.6. The molecule has 0 aliphatic heterocycles. The van der Waals surface area contributed by atoms with Gasteiger partial charge in [0.25, 0.3) is 22.7 Å². The summed E-state index contributed by atoms with van der Waals surface area (Å²) in [5.41, 5.74) is -1.35. The minimum absolute atomic E-state index is 0.127. The summed E-state index contributed by atoms with van der Waals surface area (Å²) in [7, 11) is 0. The van der Waals surface area contributed by atoms with Crippen LogP contribution in [0.2, 0.25) is 0 Å². The average molecular weight is 480 g/mol. The highest BCUT2D eigenvalue weighted by Gasteiger charge is 2.20. The molecule has 2 aromatic rings. The predicted octanol–water partition coefficient (Wildman–Crippen LogP) is 2.88. The van der Waals surface area contributed by atoms with Crippen LogP contribution in [0.1, 0.15) is 0 Å². The molecule has 16 nitrogen and oxygen atoms in total. The number of hydrogen-bond donors (Lipinski definition) is 2. The Balaban J connectivity index is 1.64. The van der Waals surface area contributed by atoms with Crippen molar-refractivity contribution in [3.05, 3.63) is 76.9 Å². The molecule has 0 saturated heterocycles. The molecule has 0 atom stereocenters. The van der Waals surface area contributed by atoms with E-state index in [2.05, 4.69) is 10.6 Å². The third-order valence-electron chi connectivity index (χ3n) is 4.27. The van der Waals surface area contributed by atoms with Gasteiger partial charge in [-0.3, -0.25) is 40.5 Å². The maximum atomic E-state index is 11.1. The van der Waals surface area contributed by atoms with Crippen molar-refractivity contribution in [1.82, 2.24) is 0 Å². The van der Waals surface area contributed by atoms with Crippen molar-refractivity contribution in [2.24, 2.45) is 0 Å². The van der Waals surface area contributed by atoms with E-state index in [1.807, 2.05) is 0 Å². The fourth-order valence-electron chi connectivity index (χ4n) is 2.71. The predicted molar refractivity (Wildman–Crippen MR) is 118 cm³/mol. The van der Waals surface area contributed by atoms with Gasteiger partial charge in [-0.15, -0.1) is 0 Å². The van der Waals surface area contributed by atoms with Crippen molar-refractivity contribution in [2.75, 3.05) is 50.2 Å². The van der Waals surface area contributed by atoms with Crippen molar-refractivity contribution >= 4 is 34.1 Å². The molecule has 0 aliphatic carbocycles. The Morgan fingerprint density at radius 1 is 0.588 bits per heavy atom. The summed E-state index contributed by atoms with van der Waals surface area (Å²) in [6.07, 6.45) is 0. The lowest BCUT2D eigenvalue weighted by atomic mass is 10.2. The monoisotopic (exact) mass is 480 g/mol. The molecule has 0 unspecified atom stereocenters. The fraction of sp³-hybridized carbons (Fsp3) is 0.333. The standard InChI is InChI=1S/C18H20N6O10/c25-21(26)13-1-3-15(17(11-13)23(29)30)19-5-7-33-9-10-34-8-6-20-16-4-2-14(22(27)28)12-18(16)24(31)32/h1-4,11-12,19-20H,5-10H2. The summed E-state index contributed by atoms with van der Waals surface area (Å²) in [6, 6.07) is 6.56. The van der Waals surface area contributed by atoms with Crippen LogP contribution < -0.4 is 10.6 Å². The molecule has 34 heavy (non-hydrogen) atoms. The molecular weight excluding hydrogens is 460 g/mol. The van der Waals surface area contributed by atoms with E-state index >= 15 is 0 Å². The number of nitro groups is 4. The summed E-state index contributed by atoms with van der Waals surface area (Å²) in [6.45, 7) is 1.22. The maximum Gasteiger partial charge on any atom is 0.299 e. The van der Waals surface area contributed by atoms with Crippen molar-refractivity contribution in [3.63, 3.8) is 0 Å². The molecule has 2 aromatic carbocycles. The van der Waals surface area contributed by atoms with Crippen molar-refractivity contribution in [1.29, 1.82) is 0 Å². The largest absolute Gasteiger partial charge is 0.377 e. The molecular formula is C18H20N6O10. The molecule has 0 amide bonds. The van der Waals surface area contributed by atoms with Crippen molar-refractivity contribution < 1.29 is 29.2 Å². The van der Waals surface area contributed by atoms with Gasteiger partial charge in [0.1, 0.15) is 11.4 Å². The summed E-state index contributed by atoms with van der Waals surface area (Å²) in [5.74, 6) is 0. The third-order valence-corrected chi connectivity index (χ3v) is 4.27. The minimum Gasteiger partial charge on any atom is -0.377 e. The molecule has 0 saturated carbocycles. The number of non-ortho nitro benzene ring substituents is 2. The molecule has 0 bridgehead atoms. The van der Waals surface area contributed by atoms with E-state index in [9.17, 15) is 40.5 Å². The van der Waals surface area contributed by atoms with Crippen LogP contribution in [0.4, 0.5) is 34.1 Å². The van der Waals surface area contributed by atoms with Crippen LogP contribution in [-0.2, 0) is 9.47 Å². The summed E-state index contributed by atoms with van der Waals surface area (Å²) < 4.78 is 10.7. The van der Waals surface area contributed by atoms with Gasteiger partial charge in [0, 0.05) is 25.2 Å². The molecule has 0 aliphatic rings. The zero-order valence-corrected chi connectivity index (χ0v) is 17.6. The van der Waals surface area contributed by atoms with E-state index in [-0.39, 0.29) is 62.3 Å². The Morgan fingerprint density at radius 3 is 1.29 bits per heavy atom. The van der Waals surface area contributed by atoms with Gasteiger partial charge in [-0.05, 0) is 12.1 Å². The molecule has 0 spiro atoms. The van der Waals surface area contributed by atoms with E-state index in [4.69, 9.17) is 9.47 Å². The second-order valence-corrected chi connectivity index (χ2v) is 6.51. The smallest absolute Gasteiger partial charge is 0.299 e. The van der Waals surface area contributed by atoms with Gasteiger partial charge in [0.2, 0.25) is 0 Å². The lowest BCUT2D eigenvalue weighted by Crippen LogP contribution is -2.15. The molecule has 0 heterocycles. The van der Waals surface area contributed by atoms with Crippen molar-refractivity contribution in [3.8, 4) is 0 Å². The molecule has 16 heteroatoms. The highest BCUT2D eigenvalue weighted by Crippen LogP contribution is 2.29. The Labute approximate surface area is 191 Å². The number of benzene rings is 2. The molecule has 0 radical (unpaired) electrons. The van der Waals surface area contributed by atoms with Crippen molar-refractivity contribution in [2.45, 2.75) is 0 Å². The molecule has 2 N–H and O–H groups in total. The van der Waals surface area contributed by atoms with Gasteiger partial charge in [-0.1, -0.05) is 0 Å². The number of nitrogens with one attached hydrogen (secondary N) is 2. The first-order valence-electron chi connectivity index (χ1n) is 9.69. The number of hydrogen-bond acceptors (Lipinski definition) is 12. The Morgan fingerprint density at radius 2 is 0.971 bits per heavy atom. The van der Waals surface area contributed by atoms with Gasteiger partial charge in [0.15, 0.2) is 0 Å². The van der Waals surface area contributed by atoms with E-state index in [1.54, 1.807) is 0 Å². The Kier molecular flexibility index (Phi) is 9.54. The molecule has 0 aromatic heterocycles. The van der Waals surface area contributed by atoms with Crippen LogP contribution in [0.15, 0.2) is 36.4 Å². The topological polar surface area (TPSA) is 215 Å². The highest BCUT2D eigenvalue weighted by molar-refractivity contribution is 5.66. The van der Waals surface area contributed by atoms with Gasteiger partial charge >= 0.3 is 0 Å². The average Bonchev–Trinajstić information content (AvgIpc) is 2.79. The summed E-state index contributed by atoms with van der Waals surface area (Å²) in [4.78, 5) is 40.7. The van der Waals surface area contributed by atoms with Crippen LogP contribution in [0.25, 0.3) is 0 Å². The third kappa shape index (κ3) is 7.61. The lowest BCUT2D eigenvalue weighted by molar-refractivity contribution is -0.393. The number of anilines is 2. The zero-order chi connectivity index (χ0) is 25.1. The zero-order valence-electron chi connectivity index (χ0n) is 17.6. The Hall–Kier alpha value is -4.44. The summed E-state index contributed by atoms with van der Waals surface area (Å²) >= 11 is 0. The fourth-order valence-corrected chi connectivity index (χ4v) is 2.71. The molecule has 2 rings (SSSR count). The van der Waals surface area contributed by atoms with E-state index in [0.29, 0.717) is 0 Å². The van der Waals surface area contributed by atoms with Crippen LogP contribution in [0.3, 0.4) is 0 Å². The second-order valence-electron chi connectivity index (χ2n) is 6.51. The first-order chi connectivity index (χ1) is 16.2. The number of nitro benzene ring substituents is 4. The SMILES string of the molecule is O=[N+]([O-])c1ccc(NCCOCCOCCNc2ccc([N+](=O)[O-])cc2[N+](=O)[O-])c([N+](=O)[O-])c1. The van der Waals surface area contributed by atoms with E-state index in [1.165, 1.54) is 12.1 Å². The second kappa shape index (κ2) is 12.6. The Bertz CT molecular complexity index is 980.